The summed E-state index contributed by atoms with van der Waals surface area (Å²) >= 11 is 0. The molecule has 2 rings (SSSR count). The third-order valence-electron chi connectivity index (χ3n) is 4.20. The molecule has 1 heterocycles. The Hall–Kier alpha value is -2.70. The molecule has 0 aromatic heterocycles. The quantitative estimate of drug-likeness (QED) is 0.480. The Morgan fingerprint density at radius 3 is 2.56 bits per heavy atom. The van der Waals surface area contributed by atoms with Gasteiger partial charge in [-0.3, -0.25) is 9.79 Å². The van der Waals surface area contributed by atoms with Crippen molar-refractivity contribution < 1.29 is 15.0 Å². The highest BCUT2D eigenvalue weighted by Crippen LogP contribution is 2.21. The SMILES string of the molecule is C=CC(/C=C/c1ccc(N2CC(O)C(O)C2)cc1)=C\C=N\CC(=O)NCC. The van der Waals surface area contributed by atoms with Crippen LogP contribution in [0.15, 0.2) is 59.6 Å². The van der Waals surface area contributed by atoms with Crippen LogP contribution in [0.5, 0.6) is 0 Å². The molecule has 0 bridgehead atoms. The van der Waals surface area contributed by atoms with Crippen LogP contribution in [0.3, 0.4) is 0 Å². The number of benzene rings is 1. The minimum atomic E-state index is -0.695. The number of anilines is 1. The molecule has 1 aromatic rings. The number of nitrogens with zero attached hydrogens (tertiary/aromatic N) is 2. The molecular weight excluding hydrogens is 342 g/mol. The monoisotopic (exact) mass is 369 g/mol. The van der Waals surface area contributed by atoms with Crippen molar-refractivity contribution in [2.75, 3.05) is 31.1 Å². The second-order valence-electron chi connectivity index (χ2n) is 6.28. The van der Waals surface area contributed by atoms with Gasteiger partial charge < -0.3 is 20.4 Å². The van der Waals surface area contributed by atoms with Gasteiger partial charge in [0.05, 0.1) is 12.2 Å². The summed E-state index contributed by atoms with van der Waals surface area (Å²) in [5, 5.41) is 22.0. The van der Waals surface area contributed by atoms with Gasteiger partial charge in [0.25, 0.3) is 0 Å². The molecule has 0 radical (unpaired) electrons. The third kappa shape index (κ3) is 6.51. The molecule has 1 fully saturated rings. The number of hydrogen-bond donors (Lipinski definition) is 3. The maximum absolute atomic E-state index is 11.3. The predicted octanol–water partition coefficient (Wildman–Crippen LogP) is 1.56. The van der Waals surface area contributed by atoms with Crippen LogP contribution in [0.1, 0.15) is 12.5 Å². The zero-order valence-corrected chi connectivity index (χ0v) is 15.6. The molecule has 6 nitrogen and oxygen atoms in total. The van der Waals surface area contributed by atoms with Crippen LogP contribution in [0.4, 0.5) is 5.69 Å². The van der Waals surface area contributed by atoms with Gasteiger partial charge in [-0.15, -0.1) is 0 Å². The number of amides is 1. The summed E-state index contributed by atoms with van der Waals surface area (Å²) in [6.07, 6.45) is 7.61. The van der Waals surface area contributed by atoms with Crippen LogP contribution in [0.2, 0.25) is 0 Å². The fraction of sp³-hybridized carbons (Fsp3) is 0.333. The lowest BCUT2D eigenvalue weighted by Crippen LogP contribution is -2.24. The molecular formula is C21H27N3O3. The summed E-state index contributed by atoms with van der Waals surface area (Å²) in [5.74, 6) is -0.101. The van der Waals surface area contributed by atoms with E-state index in [1.54, 1.807) is 18.4 Å². The number of carbonyl (C=O) groups is 1. The van der Waals surface area contributed by atoms with Crippen molar-refractivity contribution in [3.8, 4) is 0 Å². The van der Waals surface area contributed by atoms with E-state index in [0.717, 1.165) is 16.8 Å². The highest BCUT2D eigenvalue weighted by atomic mass is 16.3. The first-order chi connectivity index (χ1) is 13.0. The van der Waals surface area contributed by atoms with E-state index in [4.69, 9.17) is 0 Å². The molecule has 1 saturated heterocycles. The average Bonchev–Trinajstić information content (AvgIpc) is 3.00. The standard InChI is InChI=1S/C21H27N3O3/c1-3-16(11-12-22-13-21(27)23-4-2)5-6-17-7-9-18(10-8-17)24-14-19(25)20(26)15-24/h3,5-12,19-20,25-26H,1,4,13-15H2,2H3,(H,23,27)/b6-5+,16-11+,22-12+. The molecule has 1 amide bonds. The predicted molar refractivity (Wildman–Crippen MR) is 110 cm³/mol. The fourth-order valence-electron chi connectivity index (χ4n) is 2.69. The Morgan fingerprint density at radius 1 is 1.30 bits per heavy atom. The van der Waals surface area contributed by atoms with Gasteiger partial charge in [-0.2, -0.15) is 0 Å². The number of aliphatic hydroxyl groups is 2. The van der Waals surface area contributed by atoms with Crippen LogP contribution in [0, 0.1) is 0 Å². The maximum Gasteiger partial charge on any atom is 0.241 e. The van der Waals surface area contributed by atoms with E-state index in [9.17, 15) is 15.0 Å². The van der Waals surface area contributed by atoms with Gasteiger partial charge in [-0.1, -0.05) is 36.9 Å². The maximum atomic E-state index is 11.3. The van der Waals surface area contributed by atoms with E-state index in [0.29, 0.717) is 19.6 Å². The van der Waals surface area contributed by atoms with Crippen molar-refractivity contribution in [3.63, 3.8) is 0 Å². The zero-order chi connectivity index (χ0) is 19.6. The van der Waals surface area contributed by atoms with E-state index in [2.05, 4.69) is 16.9 Å². The van der Waals surface area contributed by atoms with Gasteiger partial charge in [-0.05, 0) is 36.3 Å². The van der Waals surface area contributed by atoms with Gasteiger partial charge in [-0.25, -0.2) is 0 Å². The molecule has 2 atom stereocenters. The summed E-state index contributed by atoms with van der Waals surface area (Å²) in [7, 11) is 0. The van der Waals surface area contributed by atoms with Crippen LogP contribution in [0.25, 0.3) is 6.08 Å². The molecule has 0 spiro atoms. The van der Waals surface area contributed by atoms with Crippen molar-refractivity contribution in [1.29, 1.82) is 0 Å². The summed E-state index contributed by atoms with van der Waals surface area (Å²) in [6, 6.07) is 7.89. The first kappa shape index (κ1) is 20.6. The highest BCUT2D eigenvalue weighted by molar-refractivity contribution is 5.82. The summed E-state index contributed by atoms with van der Waals surface area (Å²) in [6.45, 7) is 7.24. The van der Waals surface area contributed by atoms with Crippen LogP contribution >= 0.6 is 0 Å². The normalized spacial score (nSPS) is 20.6. The molecule has 2 unspecified atom stereocenters. The fourth-order valence-corrected chi connectivity index (χ4v) is 2.69. The minimum absolute atomic E-state index is 0.101. The number of aliphatic hydroxyl groups excluding tert-OH is 2. The number of allylic oxidation sites excluding steroid dienone is 4. The number of rotatable bonds is 8. The Labute approximate surface area is 160 Å². The van der Waals surface area contributed by atoms with E-state index >= 15 is 0 Å². The second kappa shape index (κ2) is 10.4. The van der Waals surface area contributed by atoms with Gasteiger partial charge >= 0.3 is 0 Å². The van der Waals surface area contributed by atoms with Crippen molar-refractivity contribution in [2.45, 2.75) is 19.1 Å². The summed E-state index contributed by atoms with van der Waals surface area (Å²) < 4.78 is 0. The minimum Gasteiger partial charge on any atom is -0.389 e. The molecule has 6 heteroatoms. The lowest BCUT2D eigenvalue weighted by Gasteiger charge is -2.17. The number of aliphatic imine (C=N–C) groups is 1. The Bertz CT molecular complexity index is 713. The molecule has 0 aliphatic carbocycles. The van der Waals surface area contributed by atoms with Gasteiger partial charge in [0, 0.05) is 31.5 Å². The Balaban J connectivity index is 1.93. The van der Waals surface area contributed by atoms with Crippen molar-refractivity contribution in [2.24, 2.45) is 4.99 Å². The second-order valence-corrected chi connectivity index (χ2v) is 6.28. The van der Waals surface area contributed by atoms with Gasteiger partial charge in [0.15, 0.2) is 0 Å². The average molecular weight is 369 g/mol. The molecule has 1 aliphatic rings. The Kier molecular flexibility index (Phi) is 7.98. The highest BCUT2D eigenvalue weighted by Gasteiger charge is 2.29. The van der Waals surface area contributed by atoms with Crippen molar-refractivity contribution >= 4 is 23.9 Å². The van der Waals surface area contributed by atoms with Crippen LogP contribution in [-0.2, 0) is 4.79 Å². The van der Waals surface area contributed by atoms with Crippen molar-refractivity contribution in [3.05, 3.63) is 60.2 Å². The molecule has 3 N–H and O–H groups in total. The van der Waals surface area contributed by atoms with E-state index in [1.807, 2.05) is 48.2 Å². The number of β-amino-alcohol motifs (C(OH)–C–C–N with tert-alkyl or cyclic N) is 2. The van der Waals surface area contributed by atoms with Gasteiger partial charge in [0.2, 0.25) is 5.91 Å². The molecule has 1 aromatic carbocycles. The summed E-state index contributed by atoms with van der Waals surface area (Å²) in [4.78, 5) is 17.3. The van der Waals surface area contributed by atoms with E-state index in [-0.39, 0.29) is 12.5 Å². The van der Waals surface area contributed by atoms with Crippen LogP contribution in [-0.4, -0.2) is 60.7 Å². The topological polar surface area (TPSA) is 85.2 Å². The Morgan fingerprint density at radius 2 is 1.96 bits per heavy atom. The number of carbonyl (C=O) groups excluding carboxylic acids is 1. The van der Waals surface area contributed by atoms with Gasteiger partial charge in [0.1, 0.15) is 6.54 Å². The largest absolute Gasteiger partial charge is 0.389 e. The third-order valence-corrected chi connectivity index (χ3v) is 4.20. The molecule has 27 heavy (non-hydrogen) atoms. The van der Waals surface area contributed by atoms with Crippen LogP contribution < -0.4 is 10.2 Å². The molecule has 144 valence electrons. The van der Waals surface area contributed by atoms with E-state index < -0.39 is 12.2 Å². The van der Waals surface area contributed by atoms with Crippen molar-refractivity contribution in [1.82, 2.24) is 5.32 Å². The smallest absolute Gasteiger partial charge is 0.241 e. The molecule has 1 aliphatic heterocycles. The number of nitrogens with one attached hydrogen (secondary N) is 1. The number of likely N-dealkylation sites (N-methyl/N-ethyl adjacent to an activating group) is 1. The van der Waals surface area contributed by atoms with E-state index in [1.165, 1.54) is 0 Å². The zero-order valence-electron chi connectivity index (χ0n) is 15.6. The number of hydrogen-bond acceptors (Lipinski definition) is 5. The summed E-state index contributed by atoms with van der Waals surface area (Å²) in [5.41, 5.74) is 2.87. The first-order valence-electron chi connectivity index (χ1n) is 9.02. The lowest BCUT2D eigenvalue weighted by molar-refractivity contribution is -0.119. The first-order valence-corrected chi connectivity index (χ1v) is 9.02. The molecule has 0 saturated carbocycles. The lowest BCUT2D eigenvalue weighted by atomic mass is 10.1.